The molecule has 1 heterocycles. The van der Waals surface area contributed by atoms with Gasteiger partial charge in [-0.1, -0.05) is 12.0 Å². The summed E-state index contributed by atoms with van der Waals surface area (Å²) in [5.41, 5.74) is 0.643. The van der Waals surface area contributed by atoms with Crippen LogP contribution in [-0.4, -0.2) is 24.4 Å². The van der Waals surface area contributed by atoms with E-state index in [-0.39, 0.29) is 25.3 Å². The molecule has 1 atom stereocenters. The first kappa shape index (κ1) is 16.9. The van der Waals surface area contributed by atoms with E-state index in [2.05, 4.69) is 16.6 Å². The molecule has 6 heteroatoms. The van der Waals surface area contributed by atoms with Gasteiger partial charge in [-0.05, 0) is 42.1 Å². The van der Waals surface area contributed by atoms with Gasteiger partial charge in [-0.3, -0.25) is 0 Å². The van der Waals surface area contributed by atoms with E-state index < -0.39 is 0 Å². The standard InChI is InChI=1S/C17H18N2O3S/c1-2-11-22-14-7-5-13(6-8-14)18-17(21)19-15(9-10-20)16-4-3-12-23-16/h1,3-8,12,15,20H,9-11H2,(H2,18,19,21)/t15-/m0/s1. The number of anilines is 1. The van der Waals surface area contributed by atoms with Crippen LogP contribution in [0.1, 0.15) is 17.3 Å². The maximum atomic E-state index is 12.1. The van der Waals surface area contributed by atoms with E-state index in [9.17, 15) is 4.79 Å². The van der Waals surface area contributed by atoms with Crippen molar-refractivity contribution in [2.24, 2.45) is 0 Å². The van der Waals surface area contributed by atoms with Crippen LogP contribution < -0.4 is 15.4 Å². The lowest BCUT2D eigenvalue weighted by atomic mass is 10.2. The van der Waals surface area contributed by atoms with Crippen molar-refractivity contribution in [1.29, 1.82) is 0 Å². The van der Waals surface area contributed by atoms with Crippen LogP contribution >= 0.6 is 11.3 Å². The summed E-state index contributed by atoms with van der Waals surface area (Å²) in [4.78, 5) is 13.1. The van der Waals surface area contributed by atoms with Gasteiger partial charge in [0.15, 0.2) is 0 Å². The first-order valence-electron chi connectivity index (χ1n) is 7.11. The average Bonchev–Trinajstić information content (AvgIpc) is 3.08. The highest BCUT2D eigenvalue weighted by molar-refractivity contribution is 7.10. The zero-order valence-corrected chi connectivity index (χ0v) is 13.3. The van der Waals surface area contributed by atoms with Crippen molar-refractivity contribution in [3.8, 4) is 18.1 Å². The quantitative estimate of drug-likeness (QED) is 0.684. The lowest BCUT2D eigenvalue weighted by molar-refractivity contribution is 0.239. The molecule has 1 aromatic carbocycles. The number of thiophene rings is 1. The third kappa shape index (κ3) is 5.33. The Kier molecular flexibility index (Phi) is 6.48. The van der Waals surface area contributed by atoms with E-state index in [1.807, 2.05) is 17.5 Å². The molecule has 5 nitrogen and oxygen atoms in total. The van der Waals surface area contributed by atoms with E-state index in [0.29, 0.717) is 17.9 Å². The van der Waals surface area contributed by atoms with Gasteiger partial charge in [0.2, 0.25) is 0 Å². The second-order valence-electron chi connectivity index (χ2n) is 4.70. The molecule has 0 bridgehead atoms. The second-order valence-corrected chi connectivity index (χ2v) is 5.68. The highest BCUT2D eigenvalue weighted by Crippen LogP contribution is 2.22. The normalized spacial score (nSPS) is 11.3. The largest absolute Gasteiger partial charge is 0.481 e. The van der Waals surface area contributed by atoms with Gasteiger partial charge >= 0.3 is 6.03 Å². The SMILES string of the molecule is C#CCOc1ccc(NC(=O)N[C@@H](CCO)c2cccs2)cc1. The first-order chi connectivity index (χ1) is 11.2. The number of rotatable bonds is 7. The molecule has 0 fully saturated rings. The molecule has 3 N–H and O–H groups in total. The Labute approximate surface area is 139 Å². The molecule has 2 aromatic rings. The molecule has 0 aliphatic rings. The van der Waals surface area contributed by atoms with E-state index in [4.69, 9.17) is 16.3 Å². The van der Waals surface area contributed by atoms with E-state index in [0.717, 1.165) is 4.88 Å². The minimum absolute atomic E-state index is 0.00403. The number of carbonyl (C=O) groups is 1. The number of nitrogens with one attached hydrogen (secondary N) is 2. The average molecular weight is 330 g/mol. The molecule has 120 valence electrons. The van der Waals surface area contributed by atoms with Crippen molar-refractivity contribution in [2.45, 2.75) is 12.5 Å². The molecule has 0 saturated carbocycles. The number of benzene rings is 1. The number of hydrogen-bond donors (Lipinski definition) is 3. The molecule has 0 radical (unpaired) electrons. The summed E-state index contributed by atoms with van der Waals surface area (Å²) in [7, 11) is 0. The monoisotopic (exact) mass is 330 g/mol. The fraction of sp³-hybridized carbons (Fsp3) is 0.235. The van der Waals surface area contributed by atoms with Crippen molar-refractivity contribution in [3.63, 3.8) is 0 Å². The van der Waals surface area contributed by atoms with Crippen molar-refractivity contribution in [2.75, 3.05) is 18.5 Å². The minimum atomic E-state index is -0.325. The number of hydrogen-bond acceptors (Lipinski definition) is 4. The molecule has 0 saturated heterocycles. The molecule has 0 unspecified atom stereocenters. The zero-order valence-electron chi connectivity index (χ0n) is 12.5. The lowest BCUT2D eigenvalue weighted by Crippen LogP contribution is -2.32. The lowest BCUT2D eigenvalue weighted by Gasteiger charge is -2.17. The fourth-order valence-electron chi connectivity index (χ4n) is 1.99. The number of aliphatic hydroxyl groups excluding tert-OH is 1. The zero-order chi connectivity index (χ0) is 16.5. The Balaban J connectivity index is 1.91. The molecule has 0 aliphatic heterocycles. The van der Waals surface area contributed by atoms with Crippen LogP contribution in [0.5, 0.6) is 5.75 Å². The molecule has 0 spiro atoms. The number of urea groups is 1. The van der Waals surface area contributed by atoms with E-state index >= 15 is 0 Å². The van der Waals surface area contributed by atoms with Gasteiger partial charge in [-0.2, -0.15) is 0 Å². The summed E-state index contributed by atoms with van der Waals surface area (Å²) in [6.45, 7) is 0.209. The predicted octanol–water partition coefficient (Wildman–Crippen LogP) is 3.01. The summed E-state index contributed by atoms with van der Waals surface area (Å²) < 4.78 is 5.27. The molecular formula is C17H18N2O3S. The third-order valence-electron chi connectivity index (χ3n) is 3.04. The van der Waals surface area contributed by atoms with Crippen LogP contribution in [-0.2, 0) is 0 Å². The molecule has 1 aromatic heterocycles. The van der Waals surface area contributed by atoms with Gasteiger partial charge in [-0.15, -0.1) is 17.8 Å². The molecule has 2 amide bonds. The Hall–Kier alpha value is -2.49. The predicted molar refractivity (Wildman–Crippen MR) is 91.7 cm³/mol. The van der Waals surface area contributed by atoms with Crippen LogP contribution in [0.3, 0.4) is 0 Å². The van der Waals surface area contributed by atoms with Crippen LogP contribution in [0.15, 0.2) is 41.8 Å². The third-order valence-corrected chi connectivity index (χ3v) is 4.03. The summed E-state index contributed by atoms with van der Waals surface area (Å²) in [5, 5.41) is 16.7. The molecular weight excluding hydrogens is 312 g/mol. The fourth-order valence-corrected chi connectivity index (χ4v) is 2.80. The van der Waals surface area contributed by atoms with Gasteiger partial charge < -0.3 is 20.5 Å². The van der Waals surface area contributed by atoms with Gasteiger partial charge in [-0.25, -0.2) is 4.79 Å². The van der Waals surface area contributed by atoms with Crippen molar-refractivity contribution < 1.29 is 14.6 Å². The molecule has 0 aliphatic carbocycles. The van der Waals surface area contributed by atoms with Gasteiger partial charge in [0.05, 0.1) is 6.04 Å². The highest BCUT2D eigenvalue weighted by atomic mass is 32.1. The van der Waals surface area contributed by atoms with E-state index in [1.54, 1.807) is 35.6 Å². The Morgan fingerprint density at radius 1 is 1.35 bits per heavy atom. The van der Waals surface area contributed by atoms with Crippen molar-refractivity contribution in [3.05, 3.63) is 46.7 Å². The number of amides is 2. The van der Waals surface area contributed by atoms with E-state index in [1.165, 1.54) is 0 Å². The van der Waals surface area contributed by atoms with Gasteiger partial charge in [0.25, 0.3) is 0 Å². The van der Waals surface area contributed by atoms with Gasteiger partial charge in [0.1, 0.15) is 12.4 Å². The Morgan fingerprint density at radius 2 is 2.13 bits per heavy atom. The number of ether oxygens (including phenoxy) is 1. The summed E-state index contributed by atoms with van der Waals surface area (Å²) in [6, 6.07) is 10.2. The van der Waals surface area contributed by atoms with Crippen LogP contribution in [0.4, 0.5) is 10.5 Å². The van der Waals surface area contributed by atoms with Gasteiger partial charge in [0, 0.05) is 17.2 Å². The minimum Gasteiger partial charge on any atom is -0.481 e. The maximum Gasteiger partial charge on any atom is 0.319 e. The van der Waals surface area contributed by atoms with Crippen LogP contribution in [0.25, 0.3) is 0 Å². The Bertz CT molecular complexity index is 647. The number of aliphatic hydroxyl groups is 1. The maximum absolute atomic E-state index is 12.1. The number of terminal acetylenes is 1. The highest BCUT2D eigenvalue weighted by Gasteiger charge is 2.15. The topological polar surface area (TPSA) is 70.6 Å². The molecule has 2 rings (SSSR count). The van der Waals surface area contributed by atoms with Crippen LogP contribution in [0.2, 0.25) is 0 Å². The summed E-state index contributed by atoms with van der Waals surface area (Å²) >= 11 is 1.54. The van der Waals surface area contributed by atoms with Crippen LogP contribution in [0, 0.1) is 12.3 Å². The number of carbonyl (C=O) groups excluding carboxylic acids is 1. The second kappa shape index (κ2) is 8.83. The first-order valence-corrected chi connectivity index (χ1v) is 7.99. The molecule has 23 heavy (non-hydrogen) atoms. The van der Waals surface area contributed by atoms with Crippen molar-refractivity contribution >= 4 is 23.1 Å². The Morgan fingerprint density at radius 3 is 2.74 bits per heavy atom. The summed E-state index contributed by atoms with van der Waals surface area (Å²) in [6.07, 6.45) is 5.59. The van der Waals surface area contributed by atoms with Crippen molar-refractivity contribution in [1.82, 2.24) is 5.32 Å². The summed E-state index contributed by atoms with van der Waals surface area (Å²) in [5.74, 6) is 3.03. The smallest absolute Gasteiger partial charge is 0.319 e.